The highest BCUT2D eigenvalue weighted by molar-refractivity contribution is 4.92. The minimum atomic E-state index is -4.37. The topological polar surface area (TPSA) is 83.4 Å². The number of rotatable bonds is 5. The summed E-state index contributed by atoms with van der Waals surface area (Å²) in [6, 6.07) is 0. The van der Waals surface area contributed by atoms with Gasteiger partial charge >= 0.3 is 6.18 Å². The zero-order chi connectivity index (χ0) is 13.9. The van der Waals surface area contributed by atoms with Crippen LogP contribution in [0.15, 0.2) is 4.52 Å². The number of alkyl halides is 3. The third-order valence-electron chi connectivity index (χ3n) is 2.63. The molecule has 0 aliphatic carbocycles. The van der Waals surface area contributed by atoms with Crippen LogP contribution < -0.4 is 5.73 Å². The van der Waals surface area contributed by atoms with Crippen LogP contribution in [0, 0.1) is 0 Å². The van der Waals surface area contributed by atoms with E-state index < -0.39 is 12.8 Å². The van der Waals surface area contributed by atoms with Gasteiger partial charge in [-0.3, -0.25) is 0 Å². The number of aromatic nitrogens is 2. The lowest BCUT2D eigenvalue weighted by Gasteiger charge is -2.07. The maximum absolute atomic E-state index is 11.9. The van der Waals surface area contributed by atoms with Crippen molar-refractivity contribution in [2.45, 2.75) is 37.8 Å². The molecule has 2 rings (SSSR count). The quantitative estimate of drug-likeness (QED) is 0.876. The van der Waals surface area contributed by atoms with E-state index in [4.69, 9.17) is 15.0 Å². The van der Waals surface area contributed by atoms with E-state index in [2.05, 4.69) is 14.9 Å². The molecule has 1 fully saturated rings. The van der Waals surface area contributed by atoms with E-state index in [1.807, 2.05) is 0 Å². The Morgan fingerprint density at radius 3 is 2.79 bits per heavy atom. The SMILES string of the molecule is NCC1CCC(c2nc(COCC(F)(F)F)no2)O1. The molecule has 2 unspecified atom stereocenters. The lowest BCUT2D eigenvalue weighted by Crippen LogP contribution is -2.18. The summed E-state index contributed by atoms with van der Waals surface area (Å²) in [5.41, 5.74) is 5.47. The Labute approximate surface area is 107 Å². The van der Waals surface area contributed by atoms with E-state index in [-0.39, 0.29) is 30.5 Å². The molecule has 1 aliphatic heterocycles. The second kappa shape index (κ2) is 5.85. The maximum atomic E-state index is 11.9. The van der Waals surface area contributed by atoms with Crippen molar-refractivity contribution >= 4 is 0 Å². The van der Waals surface area contributed by atoms with Crippen molar-refractivity contribution in [2.75, 3.05) is 13.2 Å². The van der Waals surface area contributed by atoms with Gasteiger partial charge in [0.25, 0.3) is 5.89 Å². The van der Waals surface area contributed by atoms with Crippen molar-refractivity contribution in [1.29, 1.82) is 0 Å². The fourth-order valence-electron chi connectivity index (χ4n) is 1.78. The minimum absolute atomic E-state index is 0.0400. The Bertz CT molecular complexity index is 410. The van der Waals surface area contributed by atoms with Crippen LogP contribution in [-0.2, 0) is 16.1 Å². The van der Waals surface area contributed by atoms with Crippen LogP contribution in [0.4, 0.5) is 13.2 Å². The largest absolute Gasteiger partial charge is 0.411 e. The molecular weight excluding hydrogens is 267 g/mol. The van der Waals surface area contributed by atoms with E-state index >= 15 is 0 Å². The van der Waals surface area contributed by atoms with Gasteiger partial charge in [0.05, 0.1) is 6.10 Å². The summed E-state index contributed by atoms with van der Waals surface area (Å²) >= 11 is 0. The first-order chi connectivity index (χ1) is 8.98. The molecule has 9 heteroatoms. The Balaban J connectivity index is 1.82. The van der Waals surface area contributed by atoms with E-state index in [9.17, 15) is 13.2 Å². The summed E-state index contributed by atoms with van der Waals surface area (Å²) in [5.74, 6) is 0.320. The zero-order valence-electron chi connectivity index (χ0n) is 10.0. The van der Waals surface area contributed by atoms with Gasteiger partial charge in [-0.1, -0.05) is 5.16 Å². The second-order valence-corrected chi connectivity index (χ2v) is 4.22. The van der Waals surface area contributed by atoms with Gasteiger partial charge in [0.2, 0.25) is 0 Å². The molecule has 0 amide bonds. The number of hydrogen-bond acceptors (Lipinski definition) is 6. The second-order valence-electron chi connectivity index (χ2n) is 4.22. The Morgan fingerprint density at radius 2 is 2.16 bits per heavy atom. The number of halogens is 3. The van der Waals surface area contributed by atoms with Crippen molar-refractivity contribution in [3.8, 4) is 0 Å². The molecule has 1 aliphatic rings. The molecule has 108 valence electrons. The van der Waals surface area contributed by atoms with E-state index in [1.54, 1.807) is 0 Å². The molecule has 6 nitrogen and oxygen atoms in total. The number of nitrogens with two attached hydrogens (primary N) is 1. The third kappa shape index (κ3) is 4.15. The molecule has 1 aromatic rings. The molecule has 0 aromatic carbocycles. The predicted molar refractivity (Wildman–Crippen MR) is 55.9 cm³/mol. The molecule has 19 heavy (non-hydrogen) atoms. The van der Waals surface area contributed by atoms with Crippen molar-refractivity contribution in [1.82, 2.24) is 10.1 Å². The fraction of sp³-hybridized carbons (Fsp3) is 0.800. The summed E-state index contributed by atoms with van der Waals surface area (Å²) in [6.07, 6.45) is -3.24. The molecule has 1 aromatic heterocycles. The van der Waals surface area contributed by atoms with Gasteiger partial charge in [0.1, 0.15) is 19.3 Å². The highest BCUT2D eigenvalue weighted by Crippen LogP contribution is 2.31. The van der Waals surface area contributed by atoms with Crippen LogP contribution >= 0.6 is 0 Å². The van der Waals surface area contributed by atoms with Crippen molar-refractivity contribution in [2.24, 2.45) is 5.73 Å². The highest BCUT2D eigenvalue weighted by atomic mass is 19.4. The van der Waals surface area contributed by atoms with E-state index in [0.717, 1.165) is 6.42 Å². The first-order valence-corrected chi connectivity index (χ1v) is 5.80. The van der Waals surface area contributed by atoms with Gasteiger partial charge in [0, 0.05) is 6.54 Å². The van der Waals surface area contributed by atoms with Crippen LogP contribution in [-0.4, -0.2) is 35.6 Å². The van der Waals surface area contributed by atoms with Crippen LogP contribution in [0.1, 0.15) is 30.7 Å². The average molecular weight is 281 g/mol. The van der Waals surface area contributed by atoms with E-state index in [0.29, 0.717) is 13.0 Å². The van der Waals surface area contributed by atoms with Crippen molar-refractivity contribution in [3.05, 3.63) is 11.7 Å². The lowest BCUT2D eigenvalue weighted by molar-refractivity contribution is -0.177. The first kappa shape index (κ1) is 14.2. The normalized spacial score (nSPS) is 24.0. The van der Waals surface area contributed by atoms with Gasteiger partial charge in [-0.05, 0) is 12.8 Å². The monoisotopic (exact) mass is 281 g/mol. The summed E-state index contributed by atoms with van der Waals surface area (Å²) in [4.78, 5) is 3.94. The van der Waals surface area contributed by atoms with Gasteiger partial charge in [-0.15, -0.1) is 0 Å². The molecule has 0 bridgehead atoms. The summed E-state index contributed by atoms with van der Waals surface area (Å²) < 4.78 is 50.5. The molecule has 0 spiro atoms. The minimum Gasteiger partial charge on any atom is -0.364 e. The van der Waals surface area contributed by atoms with Gasteiger partial charge in [-0.2, -0.15) is 18.2 Å². The van der Waals surface area contributed by atoms with Crippen molar-refractivity contribution < 1.29 is 27.2 Å². The Hall–Kier alpha value is -1.19. The Morgan fingerprint density at radius 1 is 1.37 bits per heavy atom. The van der Waals surface area contributed by atoms with Crippen LogP contribution in [0.5, 0.6) is 0 Å². The maximum Gasteiger partial charge on any atom is 0.411 e. The first-order valence-electron chi connectivity index (χ1n) is 5.80. The predicted octanol–water partition coefficient (Wildman–Crippen LogP) is 1.33. The Kier molecular flexibility index (Phi) is 4.38. The van der Waals surface area contributed by atoms with Crippen molar-refractivity contribution in [3.63, 3.8) is 0 Å². The summed E-state index contributed by atoms with van der Waals surface area (Å²) in [5, 5.41) is 3.54. The highest BCUT2D eigenvalue weighted by Gasteiger charge is 2.30. The summed E-state index contributed by atoms with van der Waals surface area (Å²) in [7, 11) is 0. The number of ether oxygens (including phenoxy) is 2. The van der Waals surface area contributed by atoms with Gasteiger partial charge in [0.15, 0.2) is 5.82 Å². The number of hydrogen-bond donors (Lipinski definition) is 1. The molecule has 2 N–H and O–H groups in total. The molecule has 2 atom stereocenters. The standard InChI is InChI=1S/C10H14F3N3O3/c11-10(12,13)5-17-4-8-15-9(19-16-8)7-2-1-6(3-14)18-7/h6-7H,1-5,14H2. The molecular formula is C10H14F3N3O3. The smallest absolute Gasteiger partial charge is 0.364 e. The van der Waals surface area contributed by atoms with Gasteiger partial charge in [-0.25, -0.2) is 0 Å². The van der Waals surface area contributed by atoms with E-state index in [1.165, 1.54) is 0 Å². The van der Waals surface area contributed by atoms with Crippen LogP contribution in [0.2, 0.25) is 0 Å². The summed E-state index contributed by atoms with van der Waals surface area (Å²) in [6.45, 7) is -1.28. The molecule has 2 heterocycles. The fourth-order valence-corrected chi connectivity index (χ4v) is 1.78. The molecule has 0 saturated carbocycles. The molecule has 1 saturated heterocycles. The van der Waals surface area contributed by atoms with Crippen LogP contribution in [0.25, 0.3) is 0 Å². The number of nitrogens with zero attached hydrogens (tertiary/aromatic N) is 2. The third-order valence-corrected chi connectivity index (χ3v) is 2.63. The molecule has 0 radical (unpaired) electrons. The van der Waals surface area contributed by atoms with Gasteiger partial charge < -0.3 is 19.7 Å². The average Bonchev–Trinajstić information content (AvgIpc) is 2.94. The zero-order valence-corrected chi connectivity index (χ0v) is 10.0. The van der Waals surface area contributed by atoms with Crippen LogP contribution in [0.3, 0.4) is 0 Å². The lowest BCUT2D eigenvalue weighted by atomic mass is 10.2.